The maximum absolute atomic E-state index is 10.2. The monoisotopic (exact) mass is 286 g/mol. The fourth-order valence-corrected chi connectivity index (χ4v) is 2.04. The van der Waals surface area contributed by atoms with Crippen molar-refractivity contribution in [2.45, 2.75) is 30.2 Å². The molecule has 1 aliphatic heterocycles. The third-order valence-corrected chi connectivity index (χ3v) is 3.24. The maximum Gasteiger partial charge on any atom is 0.230 e. The predicted octanol–water partition coefficient (Wildman–Crippen LogP) is -1.77. The predicted molar refractivity (Wildman–Crippen MR) is 66.9 cm³/mol. The minimum absolute atomic E-state index is 0.442. The van der Waals surface area contributed by atoms with Crippen molar-refractivity contribution in [2.75, 3.05) is 13.2 Å². The van der Waals surface area contributed by atoms with Gasteiger partial charge in [0.25, 0.3) is 0 Å². The van der Waals surface area contributed by atoms with E-state index in [4.69, 9.17) is 14.6 Å². The Bertz CT molecular complexity index is 424. The van der Waals surface area contributed by atoms with Gasteiger partial charge in [-0.15, -0.1) is 0 Å². The second kappa shape index (κ2) is 6.04. The first kappa shape index (κ1) is 15.2. The molecule has 0 aliphatic carbocycles. The average molecular weight is 286 g/mol. The molecule has 0 radical (unpaired) electrons. The summed E-state index contributed by atoms with van der Waals surface area (Å²) in [7, 11) is 0. The molecule has 7 heteroatoms. The SMILES string of the molecule is OCC1OC(O)(COc2ccccc2)C(O)C(O)C1O. The van der Waals surface area contributed by atoms with Crippen LogP contribution in [-0.4, -0.2) is 68.9 Å². The van der Waals surface area contributed by atoms with E-state index >= 15 is 0 Å². The van der Waals surface area contributed by atoms with Crippen LogP contribution >= 0.6 is 0 Å². The molecule has 5 N–H and O–H groups in total. The molecule has 1 heterocycles. The molecule has 1 aromatic rings. The molecule has 112 valence electrons. The number of hydrogen-bond acceptors (Lipinski definition) is 7. The van der Waals surface area contributed by atoms with E-state index in [9.17, 15) is 20.4 Å². The fraction of sp³-hybridized carbons (Fsp3) is 0.538. The molecule has 7 nitrogen and oxygen atoms in total. The number of aliphatic hydroxyl groups excluding tert-OH is 4. The van der Waals surface area contributed by atoms with Gasteiger partial charge in [0, 0.05) is 0 Å². The van der Waals surface area contributed by atoms with Crippen molar-refractivity contribution >= 4 is 0 Å². The number of benzene rings is 1. The first-order valence-electron chi connectivity index (χ1n) is 6.21. The highest BCUT2D eigenvalue weighted by molar-refractivity contribution is 5.21. The van der Waals surface area contributed by atoms with Gasteiger partial charge in [-0.05, 0) is 12.1 Å². The van der Waals surface area contributed by atoms with Gasteiger partial charge < -0.3 is 35.0 Å². The van der Waals surface area contributed by atoms with Crippen molar-refractivity contribution in [3.8, 4) is 5.75 Å². The van der Waals surface area contributed by atoms with Crippen LogP contribution in [0.4, 0.5) is 0 Å². The molecule has 1 aromatic carbocycles. The van der Waals surface area contributed by atoms with E-state index in [-0.39, 0.29) is 0 Å². The lowest BCUT2D eigenvalue weighted by Gasteiger charge is -2.44. The first-order chi connectivity index (χ1) is 9.48. The number of para-hydroxylation sites is 1. The average Bonchev–Trinajstić information content (AvgIpc) is 2.48. The Morgan fingerprint density at radius 2 is 1.75 bits per heavy atom. The van der Waals surface area contributed by atoms with Gasteiger partial charge in [0.15, 0.2) is 0 Å². The number of aliphatic hydroxyl groups is 5. The summed E-state index contributed by atoms with van der Waals surface area (Å²) in [6.45, 7) is -1.07. The zero-order valence-corrected chi connectivity index (χ0v) is 10.7. The number of rotatable bonds is 4. The maximum atomic E-state index is 10.2. The molecule has 20 heavy (non-hydrogen) atoms. The fourth-order valence-electron chi connectivity index (χ4n) is 2.04. The van der Waals surface area contributed by atoms with E-state index in [1.54, 1.807) is 30.3 Å². The van der Waals surface area contributed by atoms with Crippen molar-refractivity contribution in [2.24, 2.45) is 0 Å². The van der Waals surface area contributed by atoms with E-state index in [0.29, 0.717) is 5.75 Å². The molecule has 1 fully saturated rings. The van der Waals surface area contributed by atoms with Crippen molar-refractivity contribution in [1.82, 2.24) is 0 Å². The molecule has 1 saturated heterocycles. The summed E-state index contributed by atoms with van der Waals surface area (Å²) in [6, 6.07) is 8.54. The highest BCUT2D eigenvalue weighted by Gasteiger charge is 2.53. The van der Waals surface area contributed by atoms with Crippen LogP contribution in [0.25, 0.3) is 0 Å². The lowest BCUT2D eigenvalue weighted by Crippen LogP contribution is -2.67. The molecular formula is C13H18O7. The summed E-state index contributed by atoms with van der Waals surface area (Å²) in [5, 5.41) is 48.3. The summed E-state index contributed by atoms with van der Waals surface area (Å²) in [5.41, 5.74) is 0. The Kier molecular flexibility index (Phi) is 4.59. The Morgan fingerprint density at radius 3 is 2.35 bits per heavy atom. The van der Waals surface area contributed by atoms with Gasteiger partial charge in [-0.3, -0.25) is 0 Å². The Morgan fingerprint density at radius 1 is 1.10 bits per heavy atom. The minimum Gasteiger partial charge on any atom is -0.488 e. The minimum atomic E-state index is -2.22. The van der Waals surface area contributed by atoms with E-state index in [2.05, 4.69) is 0 Å². The van der Waals surface area contributed by atoms with E-state index in [1.165, 1.54) is 0 Å². The molecule has 0 bridgehead atoms. The molecular weight excluding hydrogens is 268 g/mol. The van der Waals surface area contributed by atoms with Crippen molar-refractivity contribution in [1.29, 1.82) is 0 Å². The van der Waals surface area contributed by atoms with Crippen molar-refractivity contribution in [3.63, 3.8) is 0 Å². The molecule has 0 aromatic heterocycles. The van der Waals surface area contributed by atoms with Crippen LogP contribution in [0.5, 0.6) is 5.75 Å². The molecule has 2 rings (SSSR count). The van der Waals surface area contributed by atoms with Crippen LogP contribution in [-0.2, 0) is 4.74 Å². The molecule has 5 atom stereocenters. The normalized spacial score (nSPS) is 37.6. The number of ether oxygens (including phenoxy) is 2. The summed E-state index contributed by atoms with van der Waals surface area (Å²) in [6.07, 6.45) is -6.11. The quantitative estimate of drug-likeness (QED) is 0.444. The second-order valence-electron chi connectivity index (χ2n) is 4.71. The van der Waals surface area contributed by atoms with Gasteiger partial charge in [0.1, 0.15) is 36.8 Å². The molecule has 0 saturated carbocycles. The van der Waals surface area contributed by atoms with Crippen LogP contribution in [0.3, 0.4) is 0 Å². The zero-order chi connectivity index (χ0) is 14.8. The van der Waals surface area contributed by atoms with E-state index in [1.807, 2.05) is 0 Å². The molecule has 0 spiro atoms. The molecule has 1 aliphatic rings. The van der Waals surface area contributed by atoms with Gasteiger partial charge in [0.05, 0.1) is 6.61 Å². The van der Waals surface area contributed by atoms with Gasteiger partial charge in [-0.1, -0.05) is 18.2 Å². The first-order valence-corrected chi connectivity index (χ1v) is 6.21. The Labute approximate surface area is 115 Å². The number of hydrogen-bond donors (Lipinski definition) is 5. The highest BCUT2D eigenvalue weighted by Crippen LogP contribution is 2.28. The van der Waals surface area contributed by atoms with Crippen LogP contribution in [0.1, 0.15) is 0 Å². The van der Waals surface area contributed by atoms with Gasteiger partial charge in [-0.25, -0.2) is 0 Å². The van der Waals surface area contributed by atoms with E-state index < -0.39 is 43.4 Å². The largest absolute Gasteiger partial charge is 0.488 e. The second-order valence-corrected chi connectivity index (χ2v) is 4.71. The zero-order valence-electron chi connectivity index (χ0n) is 10.7. The topological polar surface area (TPSA) is 120 Å². The lowest BCUT2D eigenvalue weighted by molar-refractivity contribution is -0.355. The van der Waals surface area contributed by atoms with Gasteiger partial charge in [0.2, 0.25) is 5.79 Å². The Hall–Kier alpha value is -1.22. The molecule has 0 amide bonds. The van der Waals surface area contributed by atoms with Gasteiger partial charge in [-0.2, -0.15) is 0 Å². The standard InChI is InChI=1S/C13H18O7/c14-6-9-10(15)11(16)12(17)13(18,20-9)7-19-8-4-2-1-3-5-8/h1-5,9-12,14-18H,6-7H2. The van der Waals surface area contributed by atoms with Crippen molar-refractivity contribution in [3.05, 3.63) is 30.3 Å². The van der Waals surface area contributed by atoms with Crippen LogP contribution < -0.4 is 4.74 Å². The summed E-state index contributed by atoms with van der Waals surface area (Å²) in [4.78, 5) is 0. The van der Waals surface area contributed by atoms with Crippen molar-refractivity contribution < 1.29 is 35.0 Å². The van der Waals surface area contributed by atoms with Crippen LogP contribution in [0.2, 0.25) is 0 Å². The van der Waals surface area contributed by atoms with E-state index in [0.717, 1.165) is 0 Å². The smallest absolute Gasteiger partial charge is 0.230 e. The van der Waals surface area contributed by atoms with Gasteiger partial charge >= 0.3 is 0 Å². The summed E-state index contributed by atoms with van der Waals surface area (Å²) in [5.74, 6) is -1.78. The molecule has 5 unspecified atom stereocenters. The Balaban J connectivity index is 2.07. The van der Waals surface area contributed by atoms with Crippen LogP contribution in [0.15, 0.2) is 30.3 Å². The summed E-state index contributed by atoms with van der Waals surface area (Å²) >= 11 is 0. The lowest BCUT2D eigenvalue weighted by atomic mass is 9.93. The van der Waals surface area contributed by atoms with Crippen LogP contribution in [0, 0.1) is 0 Å². The third-order valence-electron chi connectivity index (χ3n) is 3.24. The highest BCUT2D eigenvalue weighted by atomic mass is 16.7. The third kappa shape index (κ3) is 2.93. The summed E-state index contributed by atoms with van der Waals surface area (Å²) < 4.78 is 10.3.